The minimum Gasteiger partial charge on any atom is -0.376 e. The fourth-order valence-electron chi connectivity index (χ4n) is 2.77. The Bertz CT molecular complexity index is 718. The maximum atomic E-state index is 12.5. The lowest BCUT2D eigenvalue weighted by Crippen LogP contribution is -2.43. The second-order valence-electron chi connectivity index (χ2n) is 12.4. The molecule has 0 aromatic carbocycles. The number of nitrogens with one attached hydrogen (secondary N) is 4. The summed E-state index contributed by atoms with van der Waals surface area (Å²) in [5, 5.41) is 11.3. The van der Waals surface area contributed by atoms with E-state index >= 15 is 0 Å². The van der Waals surface area contributed by atoms with Crippen molar-refractivity contribution in [2.75, 3.05) is 32.8 Å². The van der Waals surface area contributed by atoms with Crippen LogP contribution >= 0.6 is 0 Å². The van der Waals surface area contributed by atoms with Gasteiger partial charge in [0.1, 0.15) is 0 Å². The molecular formula is C26H50N4O5. The Morgan fingerprint density at radius 1 is 0.571 bits per heavy atom. The van der Waals surface area contributed by atoms with Gasteiger partial charge in [-0.25, -0.2) is 0 Å². The third kappa shape index (κ3) is 14.8. The molecule has 0 unspecified atom stereocenters. The molecule has 0 aliphatic carbocycles. The summed E-state index contributed by atoms with van der Waals surface area (Å²) in [7, 11) is 0. The van der Waals surface area contributed by atoms with Crippen LogP contribution in [0, 0.1) is 16.2 Å². The smallest absolute Gasteiger partial charge is 0.225 e. The summed E-state index contributed by atoms with van der Waals surface area (Å²) in [6.07, 6.45) is 1.37. The first kappa shape index (κ1) is 32.8. The lowest BCUT2D eigenvalue weighted by Gasteiger charge is -2.29. The Morgan fingerprint density at radius 3 is 1.40 bits per heavy atom. The SMILES string of the molecule is CC(C)(CCC(=O)NCCNC(=O)C(C)(C)C)OCCC(C)(C)C(=O)NCCNC(=O)C(C)(C)C. The van der Waals surface area contributed by atoms with Gasteiger partial charge in [0.05, 0.1) is 5.60 Å². The maximum Gasteiger partial charge on any atom is 0.225 e. The highest BCUT2D eigenvalue weighted by Crippen LogP contribution is 2.24. The summed E-state index contributed by atoms with van der Waals surface area (Å²) in [5.74, 6) is -0.292. The third-order valence-electron chi connectivity index (χ3n) is 5.58. The van der Waals surface area contributed by atoms with Crippen LogP contribution in [0.5, 0.6) is 0 Å². The lowest BCUT2D eigenvalue weighted by atomic mass is 9.88. The van der Waals surface area contributed by atoms with Gasteiger partial charge in [0.25, 0.3) is 0 Å². The second kappa shape index (κ2) is 13.8. The molecule has 0 atom stereocenters. The monoisotopic (exact) mass is 498 g/mol. The Labute approximate surface area is 212 Å². The predicted molar refractivity (Wildman–Crippen MR) is 139 cm³/mol. The molecule has 0 saturated carbocycles. The van der Waals surface area contributed by atoms with E-state index in [0.29, 0.717) is 52.0 Å². The molecule has 9 nitrogen and oxygen atoms in total. The second-order valence-corrected chi connectivity index (χ2v) is 12.4. The summed E-state index contributed by atoms with van der Waals surface area (Å²) < 4.78 is 5.98. The summed E-state index contributed by atoms with van der Waals surface area (Å²) >= 11 is 0. The molecule has 0 saturated heterocycles. The Hall–Kier alpha value is -2.16. The zero-order chi connectivity index (χ0) is 27.5. The molecule has 0 aromatic rings. The predicted octanol–water partition coefficient (Wildman–Crippen LogP) is 2.54. The minimum absolute atomic E-state index is 0.0507. The summed E-state index contributed by atoms with van der Waals surface area (Å²) in [4.78, 5) is 48.4. The van der Waals surface area contributed by atoms with Crippen molar-refractivity contribution in [2.45, 2.75) is 94.1 Å². The number of rotatable bonds is 14. The minimum atomic E-state index is -0.626. The normalized spacial score (nSPS) is 12.6. The van der Waals surface area contributed by atoms with Crippen molar-refractivity contribution in [3.05, 3.63) is 0 Å². The largest absolute Gasteiger partial charge is 0.376 e. The molecule has 0 heterocycles. The molecule has 4 amide bonds. The Morgan fingerprint density at radius 2 is 0.971 bits per heavy atom. The summed E-state index contributed by atoms with van der Waals surface area (Å²) in [6, 6.07) is 0. The van der Waals surface area contributed by atoms with Crippen molar-refractivity contribution in [1.82, 2.24) is 21.3 Å². The van der Waals surface area contributed by atoms with E-state index in [1.165, 1.54) is 0 Å². The van der Waals surface area contributed by atoms with Gasteiger partial charge in [0.2, 0.25) is 23.6 Å². The highest BCUT2D eigenvalue weighted by atomic mass is 16.5. The van der Waals surface area contributed by atoms with Gasteiger partial charge in [0, 0.05) is 55.5 Å². The molecule has 204 valence electrons. The van der Waals surface area contributed by atoms with Crippen LogP contribution in [0.3, 0.4) is 0 Å². The van der Waals surface area contributed by atoms with Crippen molar-refractivity contribution in [1.29, 1.82) is 0 Å². The number of carbonyl (C=O) groups is 4. The van der Waals surface area contributed by atoms with Gasteiger partial charge in [-0.3, -0.25) is 19.2 Å². The van der Waals surface area contributed by atoms with E-state index in [9.17, 15) is 19.2 Å². The quantitative estimate of drug-likeness (QED) is 0.274. The van der Waals surface area contributed by atoms with Crippen LogP contribution in [0.15, 0.2) is 0 Å². The van der Waals surface area contributed by atoms with Gasteiger partial charge in [-0.2, -0.15) is 0 Å². The number of ether oxygens (including phenoxy) is 1. The van der Waals surface area contributed by atoms with Gasteiger partial charge >= 0.3 is 0 Å². The summed E-state index contributed by atoms with van der Waals surface area (Å²) in [5.41, 5.74) is -2.05. The van der Waals surface area contributed by atoms with Crippen LogP contribution in [0.2, 0.25) is 0 Å². The fourth-order valence-corrected chi connectivity index (χ4v) is 2.77. The standard InChI is InChI=1S/C26H50N4O5/c1-23(2,3)20(32)28-15-14-27-19(31)11-12-26(9,10)35-18-13-25(7,8)22(34)30-17-16-29-21(33)24(4,5)6/h11-18H2,1-10H3,(H,27,31)(H,28,32)(H,29,33)(H,30,34). The van der Waals surface area contributed by atoms with Crippen molar-refractivity contribution in [2.24, 2.45) is 16.2 Å². The molecule has 0 radical (unpaired) electrons. The Balaban J connectivity index is 4.21. The highest BCUT2D eigenvalue weighted by molar-refractivity contribution is 5.83. The van der Waals surface area contributed by atoms with Gasteiger partial charge in [-0.05, 0) is 26.7 Å². The first-order valence-corrected chi connectivity index (χ1v) is 12.5. The molecule has 0 rings (SSSR count). The van der Waals surface area contributed by atoms with Crippen LogP contribution in [0.1, 0.15) is 88.5 Å². The van der Waals surface area contributed by atoms with Crippen molar-refractivity contribution >= 4 is 23.6 Å². The van der Waals surface area contributed by atoms with E-state index in [4.69, 9.17) is 4.74 Å². The topological polar surface area (TPSA) is 126 Å². The first-order valence-electron chi connectivity index (χ1n) is 12.5. The molecule has 0 aliphatic heterocycles. The van der Waals surface area contributed by atoms with E-state index in [2.05, 4.69) is 21.3 Å². The molecule has 4 N–H and O–H groups in total. The van der Waals surface area contributed by atoms with E-state index in [-0.39, 0.29) is 23.6 Å². The fraction of sp³-hybridized carbons (Fsp3) is 0.846. The molecule has 0 bridgehead atoms. The van der Waals surface area contributed by atoms with Crippen LogP contribution < -0.4 is 21.3 Å². The van der Waals surface area contributed by atoms with Gasteiger partial charge in [0.15, 0.2) is 0 Å². The van der Waals surface area contributed by atoms with Crippen molar-refractivity contribution < 1.29 is 23.9 Å². The van der Waals surface area contributed by atoms with Crippen molar-refractivity contribution in [3.63, 3.8) is 0 Å². The number of amides is 4. The first-order chi connectivity index (χ1) is 15.8. The molecule has 9 heteroatoms. The molecule has 35 heavy (non-hydrogen) atoms. The average Bonchev–Trinajstić information content (AvgIpc) is 2.70. The van der Waals surface area contributed by atoms with Crippen LogP contribution in [-0.4, -0.2) is 62.0 Å². The van der Waals surface area contributed by atoms with E-state index < -0.39 is 21.8 Å². The molecule has 0 spiro atoms. The van der Waals surface area contributed by atoms with Gasteiger partial charge in [-0.1, -0.05) is 55.4 Å². The lowest BCUT2D eigenvalue weighted by molar-refractivity contribution is -0.132. The molecule has 0 fully saturated rings. The average molecular weight is 499 g/mol. The van der Waals surface area contributed by atoms with Gasteiger partial charge < -0.3 is 26.0 Å². The van der Waals surface area contributed by atoms with E-state index in [1.807, 2.05) is 69.2 Å². The number of carbonyl (C=O) groups excluding carboxylic acids is 4. The maximum absolute atomic E-state index is 12.5. The zero-order valence-corrected chi connectivity index (χ0v) is 23.7. The van der Waals surface area contributed by atoms with Crippen LogP contribution in [0.4, 0.5) is 0 Å². The van der Waals surface area contributed by atoms with Crippen LogP contribution in [-0.2, 0) is 23.9 Å². The Kier molecular flexibility index (Phi) is 13.0. The molecule has 0 aliphatic rings. The zero-order valence-electron chi connectivity index (χ0n) is 23.7. The number of hydrogen-bond acceptors (Lipinski definition) is 5. The number of hydrogen-bond donors (Lipinski definition) is 4. The van der Waals surface area contributed by atoms with Crippen molar-refractivity contribution in [3.8, 4) is 0 Å². The van der Waals surface area contributed by atoms with E-state index in [1.54, 1.807) is 0 Å². The molecular weight excluding hydrogens is 448 g/mol. The summed E-state index contributed by atoms with van der Waals surface area (Å²) in [6.45, 7) is 20.5. The van der Waals surface area contributed by atoms with Gasteiger partial charge in [-0.15, -0.1) is 0 Å². The van der Waals surface area contributed by atoms with Crippen LogP contribution in [0.25, 0.3) is 0 Å². The molecule has 0 aromatic heterocycles. The van der Waals surface area contributed by atoms with E-state index in [0.717, 1.165) is 0 Å². The third-order valence-corrected chi connectivity index (χ3v) is 5.58. The highest BCUT2D eigenvalue weighted by Gasteiger charge is 2.29.